The normalized spacial score (nSPS) is 10.3. The number of hydrogen-bond acceptors (Lipinski definition) is 4. The van der Waals surface area contributed by atoms with Crippen molar-refractivity contribution in [3.8, 4) is 11.3 Å². The van der Waals surface area contributed by atoms with Gasteiger partial charge in [-0.1, -0.05) is 0 Å². The van der Waals surface area contributed by atoms with E-state index >= 15 is 0 Å². The van der Waals surface area contributed by atoms with Gasteiger partial charge in [-0.25, -0.2) is 4.37 Å². The molecule has 4 nitrogen and oxygen atoms in total. The largest absolute Gasteiger partial charge is 0.200 e. The van der Waals surface area contributed by atoms with Gasteiger partial charge in [-0.2, -0.15) is 15.0 Å². The van der Waals surface area contributed by atoms with Crippen molar-refractivity contribution >= 4 is 11.5 Å². The Morgan fingerprint density at radius 2 is 2.36 bits per heavy atom. The number of rotatable bonds is 1. The lowest BCUT2D eigenvalue weighted by Gasteiger charge is -1.83. The van der Waals surface area contributed by atoms with Crippen molar-refractivity contribution in [2.24, 2.45) is 7.05 Å². The van der Waals surface area contributed by atoms with Gasteiger partial charge in [0.2, 0.25) is 0 Å². The molecule has 0 unspecified atom stereocenters. The maximum absolute atomic E-state index is 4.13. The summed E-state index contributed by atoms with van der Waals surface area (Å²) in [4.78, 5) is 1.53. The van der Waals surface area contributed by atoms with E-state index in [4.69, 9.17) is 0 Å². The number of nitrogens with zero attached hydrogens (tertiary/aromatic N) is 4. The number of hydrogen-bond donors (Lipinski definition) is 0. The molecule has 2 heterocycles. The lowest BCUT2D eigenvalue weighted by atomic mass is 10.3. The predicted molar refractivity (Wildman–Crippen MR) is 42.1 cm³/mol. The third-order valence-corrected chi connectivity index (χ3v) is 1.91. The molecule has 5 heteroatoms. The first-order valence-corrected chi connectivity index (χ1v) is 3.96. The summed E-state index contributed by atoms with van der Waals surface area (Å²) in [6.45, 7) is 0. The van der Waals surface area contributed by atoms with Crippen LogP contribution >= 0.6 is 11.5 Å². The minimum Gasteiger partial charge on any atom is -0.200 e. The molecule has 0 amide bonds. The molecule has 0 aliphatic heterocycles. The van der Waals surface area contributed by atoms with Crippen LogP contribution in [0.15, 0.2) is 17.8 Å². The highest BCUT2D eigenvalue weighted by Gasteiger charge is 2.01. The fraction of sp³-hybridized carbons (Fsp3) is 0.167. The van der Waals surface area contributed by atoms with Gasteiger partial charge in [0.25, 0.3) is 0 Å². The highest BCUT2D eigenvalue weighted by molar-refractivity contribution is 7.03. The topological polar surface area (TPSA) is 43.6 Å². The van der Waals surface area contributed by atoms with Gasteiger partial charge in [0.15, 0.2) is 0 Å². The van der Waals surface area contributed by atoms with Gasteiger partial charge in [0.05, 0.1) is 12.4 Å². The second kappa shape index (κ2) is 2.43. The Morgan fingerprint density at radius 1 is 1.45 bits per heavy atom. The van der Waals surface area contributed by atoms with Crippen molar-refractivity contribution in [3.05, 3.63) is 17.8 Å². The summed E-state index contributed by atoms with van der Waals surface area (Å²) in [7, 11) is 1.79. The molecule has 0 spiro atoms. The molecule has 0 aromatic carbocycles. The lowest BCUT2D eigenvalue weighted by molar-refractivity contribution is 0.655. The molecule has 0 radical (unpaired) electrons. The number of aryl methyl sites for hydroxylation is 1. The lowest BCUT2D eigenvalue weighted by Crippen LogP contribution is -1.91. The quantitative estimate of drug-likeness (QED) is 0.633. The van der Waals surface area contributed by atoms with Crippen molar-refractivity contribution < 1.29 is 0 Å². The third-order valence-electron chi connectivity index (χ3n) is 1.33. The predicted octanol–water partition coefficient (Wildman–Crippen LogP) is 0.939. The van der Waals surface area contributed by atoms with Crippen LogP contribution in [0.1, 0.15) is 0 Å². The van der Waals surface area contributed by atoms with Crippen molar-refractivity contribution in [2.75, 3.05) is 0 Å². The molecule has 0 aliphatic carbocycles. The summed E-state index contributed by atoms with van der Waals surface area (Å²) in [6, 6.07) is 0. The molecule has 56 valence electrons. The minimum absolute atomic E-state index is 0.876. The van der Waals surface area contributed by atoms with Gasteiger partial charge in [0.1, 0.15) is 5.69 Å². The number of aromatic nitrogens is 4. The minimum atomic E-state index is 0.876. The van der Waals surface area contributed by atoms with E-state index in [1.807, 2.05) is 5.38 Å². The van der Waals surface area contributed by atoms with Crippen molar-refractivity contribution in [1.82, 2.24) is 19.4 Å². The zero-order chi connectivity index (χ0) is 7.68. The van der Waals surface area contributed by atoms with E-state index in [0.29, 0.717) is 0 Å². The van der Waals surface area contributed by atoms with Crippen molar-refractivity contribution in [2.45, 2.75) is 0 Å². The summed E-state index contributed by atoms with van der Waals surface area (Å²) in [5.74, 6) is 0. The van der Waals surface area contributed by atoms with Crippen LogP contribution in [0.5, 0.6) is 0 Å². The summed E-state index contributed by atoms with van der Waals surface area (Å²) >= 11 is 1.42. The van der Waals surface area contributed by atoms with E-state index in [1.54, 1.807) is 19.4 Å². The van der Waals surface area contributed by atoms with Gasteiger partial charge >= 0.3 is 0 Å². The summed E-state index contributed by atoms with van der Waals surface area (Å²) in [5, 5.41) is 10.0. The van der Waals surface area contributed by atoms with Crippen LogP contribution in [0.2, 0.25) is 0 Å². The van der Waals surface area contributed by atoms with Gasteiger partial charge in [-0.15, -0.1) is 0 Å². The second-order valence-electron chi connectivity index (χ2n) is 2.13. The second-order valence-corrected chi connectivity index (χ2v) is 2.79. The smallest absolute Gasteiger partial charge is 0.115 e. The average Bonchev–Trinajstić information content (AvgIpc) is 2.55. The maximum atomic E-state index is 4.13. The standard InChI is InChI=1S/C6H6N4S/c1-10-7-3-6(9-10)5-2-8-11-4-5/h2-4H,1H3. The van der Waals surface area contributed by atoms with Gasteiger partial charge in [0, 0.05) is 18.0 Å². The molecular weight excluding hydrogens is 160 g/mol. The fourth-order valence-electron chi connectivity index (χ4n) is 0.809. The Bertz CT molecular complexity index is 337. The van der Waals surface area contributed by atoms with E-state index in [1.165, 1.54) is 16.3 Å². The van der Waals surface area contributed by atoms with E-state index in [0.717, 1.165) is 11.3 Å². The Hall–Kier alpha value is -1.23. The molecule has 11 heavy (non-hydrogen) atoms. The van der Waals surface area contributed by atoms with E-state index < -0.39 is 0 Å². The summed E-state index contributed by atoms with van der Waals surface area (Å²) < 4.78 is 3.97. The first kappa shape index (κ1) is 6.48. The van der Waals surface area contributed by atoms with Crippen LogP contribution in [0.4, 0.5) is 0 Å². The monoisotopic (exact) mass is 166 g/mol. The SMILES string of the molecule is Cn1ncc(-c2cnsc2)n1. The molecule has 2 rings (SSSR count). The molecular formula is C6H6N4S. The first-order chi connectivity index (χ1) is 5.36. The Labute approximate surface area is 67.6 Å². The van der Waals surface area contributed by atoms with Crippen molar-refractivity contribution in [1.29, 1.82) is 0 Å². The van der Waals surface area contributed by atoms with Gasteiger partial charge < -0.3 is 0 Å². The Balaban J connectivity index is 2.45. The van der Waals surface area contributed by atoms with Crippen LogP contribution < -0.4 is 0 Å². The molecule has 2 aromatic rings. The Morgan fingerprint density at radius 3 is 2.91 bits per heavy atom. The van der Waals surface area contributed by atoms with Gasteiger partial charge in [-0.3, -0.25) is 0 Å². The molecule has 0 N–H and O–H groups in total. The zero-order valence-corrected chi connectivity index (χ0v) is 6.75. The van der Waals surface area contributed by atoms with Gasteiger partial charge in [-0.05, 0) is 11.5 Å². The first-order valence-electron chi connectivity index (χ1n) is 3.12. The van der Waals surface area contributed by atoms with Crippen LogP contribution in [0, 0.1) is 0 Å². The molecule has 0 fully saturated rings. The molecule has 0 atom stereocenters. The van der Waals surface area contributed by atoms with E-state index in [9.17, 15) is 0 Å². The van der Waals surface area contributed by atoms with Crippen LogP contribution in [-0.4, -0.2) is 19.4 Å². The summed E-state index contributed by atoms with van der Waals surface area (Å²) in [6.07, 6.45) is 3.51. The van der Waals surface area contributed by atoms with Crippen molar-refractivity contribution in [3.63, 3.8) is 0 Å². The molecule has 0 saturated carbocycles. The van der Waals surface area contributed by atoms with Crippen LogP contribution in [0.25, 0.3) is 11.3 Å². The molecule has 0 aliphatic rings. The van der Waals surface area contributed by atoms with Crippen LogP contribution in [-0.2, 0) is 7.05 Å². The molecule has 0 saturated heterocycles. The average molecular weight is 166 g/mol. The fourth-order valence-corrected chi connectivity index (χ4v) is 1.34. The maximum Gasteiger partial charge on any atom is 0.115 e. The van der Waals surface area contributed by atoms with E-state index in [2.05, 4.69) is 14.6 Å². The third kappa shape index (κ3) is 1.14. The van der Waals surface area contributed by atoms with Crippen LogP contribution in [0.3, 0.4) is 0 Å². The zero-order valence-electron chi connectivity index (χ0n) is 5.93. The molecule has 2 aromatic heterocycles. The highest BCUT2D eigenvalue weighted by Crippen LogP contribution is 2.15. The molecule has 0 bridgehead atoms. The Kier molecular flexibility index (Phi) is 1.43. The van der Waals surface area contributed by atoms with E-state index in [-0.39, 0.29) is 0 Å². The highest BCUT2D eigenvalue weighted by atomic mass is 32.1. The summed E-state index contributed by atoms with van der Waals surface area (Å²) in [5.41, 5.74) is 1.91.